The van der Waals surface area contributed by atoms with Gasteiger partial charge in [-0.15, -0.1) is 0 Å². The third-order valence-corrected chi connectivity index (χ3v) is 9.39. The molecule has 0 saturated heterocycles. The molecule has 0 fully saturated rings. The molecule has 0 amide bonds. The van der Waals surface area contributed by atoms with Gasteiger partial charge in [-0.25, -0.2) is 0 Å². The van der Waals surface area contributed by atoms with Crippen molar-refractivity contribution in [2.24, 2.45) is 0 Å². The zero-order valence-electron chi connectivity index (χ0n) is 25.8. The van der Waals surface area contributed by atoms with Gasteiger partial charge >= 0.3 is 0 Å². The molecule has 4 nitrogen and oxygen atoms in total. The second-order valence-corrected chi connectivity index (χ2v) is 12.0. The van der Waals surface area contributed by atoms with Crippen LogP contribution in [0.2, 0.25) is 0 Å². The predicted molar refractivity (Wildman–Crippen MR) is 195 cm³/mol. The van der Waals surface area contributed by atoms with E-state index in [1.165, 1.54) is 21.8 Å². The van der Waals surface area contributed by atoms with E-state index in [4.69, 9.17) is 0 Å². The molecule has 0 radical (unpaired) electrons. The highest BCUT2D eigenvalue weighted by Crippen LogP contribution is 2.38. The van der Waals surface area contributed by atoms with Gasteiger partial charge < -0.3 is 9.13 Å². The molecule has 0 saturated carbocycles. The summed E-state index contributed by atoms with van der Waals surface area (Å²) >= 11 is 0. The highest BCUT2D eigenvalue weighted by Gasteiger charge is 2.17. The Morgan fingerprint density at radius 1 is 0.396 bits per heavy atom. The summed E-state index contributed by atoms with van der Waals surface area (Å²) in [5.41, 5.74) is 11.6. The lowest BCUT2D eigenvalue weighted by Crippen LogP contribution is -1.97. The number of benzene rings is 7. The summed E-state index contributed by atoms with van der Waals surface area (Å²) in [7, 11) is 0. The standard InChI is InChI=1S/C44H26N4/c45-27-29-20-23-44-39(24-29)38-15-4-6-17-41(38)47(44)33-21-22-34(32(26-33)28-46)30-10-9-11-31(25-30)35-12-1-5-16-40(35)48-42-18-7-2-13-36(42)37-14-3-8-19-43(37)48/h1-26H. The predicted octanol–water partition coefficient (Wildman–Crippen LogP) is 11.0. The Labute approximate surface area is 277 Å². The third kappa shape index (κ3) is 4.14. The molecule has 9 rings (SSSR count). The molecular weight excluding hydrogens is 585 g/mol. The smallest absolute Gasteiger partial charge is 0.0998 e. The SMILES string of the molecule is N#Cc1ccc2c(c1)c1ccccc1n2-c1ccc(-c2cccc(-c3ccccc3-n3c4ccccc4c4ccccc43)c2)c(C#N)c1. The lowest BCUT2D eigenvalue weighted by molar-refractivity contribution is 1.18. The number of para-hydroxylation sites is 4. The number of fused-ring (bicyclic) bond motifs is 6. The maximum absolute atomic E-state index is 10.5. The molecule has 0 bridgehead atoms. The first-order valence-corrected chi connectivity index (χ1v) is 15.9. The lowest BCUT2D eigenvalue weighted by Gasteiger charge is -2.15. The molecule has 9 aromatic rings. The topological polar surface area (TPSA) is 57.4 Å². The Morgan fingerprint density at radius 3 is 1.67 bits per heavy atom. The number of aromatic nitrogens is 2. The van der Waals surface area contributed by atoms with Crippen LogP contribution in [0.3, 0.4) is 0 Å². The molecule has 0 spiro atoms. The molecule has 0 unspecified atom stereocenters. The molecule has 48 heavy (non-hydrogen) atoms. The number of nitriles is 2. The Bertz CT molecular complexity index is 2760. The summed E-state index contributed by atoms with van der Waals surface area (Å²) in [4.78, 5) is 0. The fourth-order valence-corrected chi connectivity index (χ4v) is 7.29. The van der Waals surface area contributed by atoms with E-state index in [2.05, 4.69) is 143 Å². The van der Waals surface area contributed by atoms with Gasteiger partial charge in [0.05, 0.1) is 51.0 Å². The fraction of sp³-hybridized carbons (Fsp3) is 0. The fourth-order valence-electron chi connectivity index (χ4n) is 7.29. The van der Waals surface area contributed by atoms with Crippen molar-refractivity contribution in [1.29, 1.82) is 10.5 Å². The van der Waals surface area contributed by atoms with E-state index in [0.29, 0.717) is 11.1 Å². The van der Waals surface area contributed by atoms with Crippen LogP contribution in [-0.4, -0.2) is 9.13 Å². The zero-order chi connectivity index (χ0) is 32.2. The van der Waals surface area contributed by atoms with Crippen LogP contribution in [0.1, 0.15) is 11.1 Å². The van der Waals surface area contributed by atoms with Gasteiger partial charge in [0.25, 0.3) is 0 Å². The summed E-state index contributed by atoms with van der Waals surface area (Å²) < 4.78 is 4.53. The largest absolute Gasteiger partial charge is 0.309 e. The minimum absolute atomic E-state index is 0.597. The van der Waals surface area contributed by atoms with Crippen molar-refractivity contribution in [2.45, 2.75) is 0 Å². The van der Waals surface area contributed by atoms with Crippen LogP contribution in [0.15, 0.2) is 158 Å². The van der Waals surface area contributed by atoms with Gasteiger partial charge in [-0.05, 0) is 77.4 Å². The molecule has 0 aliphatic rings. The number of hydrogen-bond donors (Lipinski definition) is 0. The number of rotatable bonds is 4. The van der Waals surface area contributed by atoms with E-state index in [0.717, 1.165) is 55.4 Å². The van der Waals surface area contributed by atoms with Crippen molar-refractivity contribution in [2.75, 3.05) is 0 Å². The number of nitrogens with zero attached hydrogens (tertiary/aromatic N) is 4. The molecule has 2 heterocycles. The van der Waals surface area contributed by atoms with Crippen LogP contribution in [0.25, 0.3) is 77.2 Å². The first kappa shape index (κ1) is 27.4. The second kappa shape index (κ2) is 10.9. The van der Waals surface area contributed by atoms with Gasteiger partial charge in [-0.2, -0.15) is 10.5 Å². The summed E-state index contributed by atoms with van der Waals surface area (Å²) in [6.45, 7) is 0. The molecular formula is C44H26N4. The molecule has 2 aromatic heterocycles. The summed E-state index contributed by atoms with van der Waals surface area (Å²) in [6, 6.07) is 59.0. The molecule has 0 N–H and O–H groups in total. The minimum atomic E-state index is 0.597. The van der Waals surface area contributed by atoms with Gasteiger partial charge in [-0.1, -0.05) is 97.1 Å². The second-order valence-electron chi connectivity index (χ2n) is 12.0. The summed E-state index contributed by atoms with van der Waals surface area (Å²) in [6.07, 6.45) is 0. The monoisotopic (exact) mass is 610 g/mol. The molecule has 7 aromatic carbocycles. The number of hydrogen-bond acceptors (Lipinski definition) is 2. The van der Waals surface area contributed by atoms with Crippen LogP contribution < -0.4 is 0 Å². The van der Waals surface area contributed by atoms with Crippen molar-refractivity contribution in [3.8, 4) is 45.8 Å². The van der Waals surface area contributed by atoms with Crippen molar-refractivity contribution in [3.63, 3.8) is 0 Å². The molecule has 0 aliphatic heterocycles. The van der Waals surface area contributed by atoms with Gasteiger partial charge in [0.1, 0.15) is 0 Å². The first-order chi connectivity index (χ1) is 23.7. The van der Waals surface area contributed by atoms with Crippen LogP contribution in [-0.2, 0) is 0 Å². The van der Waals surface area contributed by atoms with Gasteiger partial charge in [0.15, 0.2) is 0 Å². The highest BCUT2D eigenvalue weighted by molar-refractivity contribution is 6.10. The van der Waals surface area contributed by atoms with Crippen molar-refractivity contribution >= 4 is 43.6 Å². The van der Waals surface area contributed by atoms with E-state index in [-0.39, 0.29) is 0 Å². The Morgan fingerprint density at radius 2 is 0.979 bits per heavy atom. The summed E-state index contributed by atoms with van der Waals surface area (Å²) in [5.74, 6) is 0. The van der Waals surface area contributed by atoms with Crippen LogP contribution in [0.5, 0.6) is 0 Å². The van der Waals surface area contributed by atoms with Crippen LogP contribution in [0.4, 0.5) is 0 Å². The van der Waals surface area contributed by atoms with E-state index < -0.39 is 0 Å². The quantitative estimate of drug-likeness (QED) is 0.199. The average molecular weight is 611 g/mol. The van der Waals surface area contributed by atoms with Crippen molar-refractivity contribution < 1.29 is 0 Å². The molecule has 0 aliphatic carbocycles. The Kier molecular flexibility index (Phi) is 6.22. The minimum Gasteiger partial charge on any atom is -0.309 e. The lowest BCUT2D eigenvalue weighted by atomic mass is 9.95. The Balaban J connectivity index is 1.19. The van der Waals surface area contributed by atoms with Gasteiger partial charge in [0, 0.05) is 32.8 Å². The molecule has 4 heteroatoms. The van der Waals surface area contributed by atoms with Crippen LogP contribution in [0, 0.1) is 22.7 Å². The van der Waals surface area contributed by atoms with E-state index >= 15 is 0 Å². The van der Waals surface area contributed by atoms with Gasteiger partial charge in [0.2, 0.25) is 0 Å². The third-order valence-electron chi connectivity index (χ3n) is 9.39. The summed E-state index contributed by atoms with van der Waals surface area (Å²) in [5, 5.41) is 24.5. The maximum Gasteiger partial charge on any atom is 0.0998 e. The maximum atomic E-state index is 10.5. The average Bonchev–Trinajstić information content (AvgIpc) is 3.67. The zero-order valence-corrected chi connectivity index (χ0v) is 25.8. The Hall–Kier alpha value is -6.88. The van der Waals surface area contributed by atoms with E-state index in [9.17, 15) is 10.5 Å². The van der Waals surface area contributed by atoms with Crippen LogP contribution >= 0.6 is 0 Å². The normalized spacial score (nSPS) is 11.3. The van der Waals surface area contributed by atoms with E-state index in [1.807, 2.05) is 36.4 Å². The first-order valence-electron chi connectivity index (χ1n) is 15.9. The molecule has 222 valence electrons. The molecule has 0 atom stereocenters. The van der Waals surface area contributed by atoms with Crippen molar-refractivity contribution in [3.05, 3.63) is 169 Å². The van der Waals surface area contributed by atoms with Gasteiger partial charge in [-0.3, -0.25) is 0 Å². The van der Waals surface area contributed by atoms with E-state index in [1.54, 1.807) is 0 Å². The highest BCUT2D eigenvalue weighted by atomic mass is 15.0. The van der Waals surface area contributed by atoms with Crippen molar-refractivity contribution in [1.82, 2.24) is 9.13 Å².